The number of ether oxygens (including phenoxy) is 3. The molecule has 0 radical (unpaired) electrons. The highest BCUT2D eigenvalue weighted by atomic mass is 35.5. The number of hydrogen-bond donors (Lipinski definition) is 2. The first kappa shape index (κ1) is 40.0. The Labute approximate surface area is 337 Å². The summed E-state index contributed by atoms with van der Waals surface area (Å²) in [6, 6.07) is 24.3. The van der Waals surface area contributed by atoms with Crippen LogP contribution in [0.25, 0.3) is 11.1 Å². The Hall–Kier alpha value is -5.20. The van der Waals surface area contributed by atoms with Gasteiger partial charge in [-0.15, -0.1) is 0 Å². The summed E-state index contributed by atoms with van der Waals surface area (Å²) < 4.78 is 48.7. The van der Waals surface area contributed by atoms with Crippen molar-refractivity contribution in [3.8, 4) is 40.5 Å². The molecule has 2 aliphatic heterocycles. The summed E-state index contributed by atoms with van der Waals surface area (Å²) in [7, 11) is 0. The number of piperidine rings is 2. The fourth-order valence-electron chi connectivity index (χ4n) is 7.95. The van der Waals surface area contributed by atoms with E-state index in [0.717, 1.165) is 65.2 Å². The molecule has 9 nitrogen and oxygen atoms in total. The fourth-order valence-corrected chi connectivity index (χ4v) is 8.18. The van der Waals surface area contributed by atoms with Crippen LogP contribution in [0.2, 0.25) is 5.02 Å². The van der Waals surface area contributed by atoms with E-state index in [9.17, 15) is 19.7 Å². The van der Waals surface area contributed by atoms with Crippen LogP contribution in [0.5, 0.6) is 17.2 Å². The lowest BCUT2D eigenvalue weighted by molar-refractivity contribution is -0.122. The van der Waals surface area contributed by atoms with Gasteiger partial charge in [0.1, 0.15) is 36.2 Å². The number of fused-ring (bicyclic) bond motifs is 1. The van der Waals surface area contributed by atoms with Crippen LogP contribution in [0.15, 0.2) is 66.7 Å². The second-order valence-corrected chi connectivity index (χ2v) is 15.4. The molecular weight excluding hydrogens is 748 g/mol. The first-order valence-corrected chi connectivity index (χ1v) is 20.0. The van der Waals surface area contributed by atoms with Gasteiger partial charge < -0.3 is 29.7 Å². The minimum atomic E-state index is -1.34. The van der Waals surface area contributed by atoms with Gasteiger partial charge in [-0.3, -0.25) is 4.79 Å². The Morgan fingerprint density at radius 1 is 0.930 bits per heavy atom. The smallest absolute Gasteiger partial charge is 0.220 e. The molecule has 7 rings (SSSR count). The van der Waals surface area contributed by atoms with Gasteiger partial charge in [-0.1, -0.05) is 41.9 Å². The highest BCUT2D eigenvalue weighted by Crippen LogP contribution is 2.45. The quantitative estimate of drug-likeness (QED) is 0.123. The number of nitrogens with zero attached hydrogens (tertiary/aromatic N) is 3. The Kier molecular flexibility index (Phi) is 12.9. The minimum Gasteiger partial charge on any atom is -0.493 e. The van der Waals surface area contributed by atoms with Crippen molar-refractivity contribution in [1.82, 2.24) is 15.5 Å². The van der Waals surface area contributed by atoms with Crippen LogP contribution in [0.1, 0.15) is 77.2 Å². The number of likely N-dealkylation sites (tertiary alicyclic amines) is 1. The van der Waals surface area contributed by atoms with E-state index in [-0.39, 0.29) is 30.7 Å². The number of nitriles is 2. The molecule has 0 spiro atoms. The Morgan fingerprint density at radius 2 is 1.68 bits per heavy atom. The van der Waals surface area contributed by atoms with E-state index in [0.29, 0.717) is 72.8 Å². The van der Waals surface area contributed by atoms with Gasteiger partial charge in [0.2, 0.25) is 5.91 Å². The van der Waals surface area contributed by atoms with Crippen LogP contribution in [-0.4, -0.2) is 62.0 Å². The van der Waals surface area contributed by atoms with Crippen LogP contribution in [0, 0.1) is 29.6 Å². The van der Waals surface area contributed by atoms with E-state index in [1.165, 1.54) is 6.07 Å². The molecule has 2 heterocycles. The molecule has 4 aromatic rings. The number of halogens is 3. The second kappa shape index (κ2) is 18.4. The van der Waals surface area contributed by atoms with Crippen LogP contribution in [0.3, 0.4) is 0 Å². The molecule has 4 aromatic carbocycles. The summed E-state index contributed by atoms with van der Waals surface area (Å²) in [5.41, 5.74) is 6.52. The zero-order valence-electron chi connectivity index (χ0n) is 32.0. The van der Waals surface area contributed by atoms with Crippen molar-refractivity contribution in [3.05, 3.63) is 111 Å². The predicted molar refractivity (Wildman–Crippen MR) is 214 cm³/mol. The van der Waals surface area contributed by atoms with E-state index in [1.54, 1.807) is 24.3 Å². The van der Waals surface area contributed by atoms with Crippen LogP contribution in [0.4, 0.5) is 8.78 Å². The number of carbonyl (C=O) groups is 1. The van der Waals surface area contributed by atoms with E-state index in [1.807, 2.05) is 43.3 Å². The number of nitrogens with one attached hydrogen (secondary N) is 2. The molecule has 2 saturated heterocycles. The third kappa shape index (κ3) is 9.68. The van der Waals surface area contributed by atoms with Gasteiger partial charge in [0.25, 0.3) is 0 Å². The number of carbonyl (C=O) groups excluding carboxylic acids is 1. The highest BCUT2D eigenvalue weighted by Gasteiger charge is 2.37. The molecule has 3 aliphatic rings. The van der Waals surface area contributed by atoms with Crippen LogP contribution >= 0.6 is 11.6 Å². The summed E-state index contributed by atoms with van der Waals surface area (Å²) in [6.07, 6.45) is 0.361. The lowest BCUT2D eigenvalue weighted by Gasteiger charge is -2.28. The number of benzene rings is 4. The van der Waals surface area contributed by atoms with Gasteiger partial charge in [0, 0.05) is 63.2 Å². The van der Waals surface area contributed by atoms with Crippen molar-refractivity contribution < 1.29 is 27.8 Å². The van der Waals surface area contributed by atoms with Crippen molar-refractivity contribution >= 4 is 17.5 Å². The molecular formula is C45H46ClF2N5O4. The lowest BCUT2D eigenvalue weighted by Crippen LogP contribution is -2.45. The number of amides is 1. The molecule has 296 valence electrons. The molecule has 1 aliphatic carbocycles. The summed E-state index contributed by atoms with van der Waals surface area (Å²) in [5, 5.41) is 25.6. The van der Waals surface area contributed by atoms with Crippen LogP contribution in [-0.2, 0) is 24.4 Å². The minimum absolute atomic E-state index is 0.0251. The number of hydrogen-bond acceptors (Lipinski definition) is 8. The maximum absolute atomic E-state index is 16.2. The molecule has 0 aromatic heterocycles. The normalized spacial score (nSPS) is 19.6. The van der Waals surface area contributed by atoms with E-state index in [4.69, 9.17) is 25.8 Å². The topological polar surface area (TPSA) is 120 Å². The summed E-state index contributed by atoms with van der Waals surface area (Å²) in [5.74, 6) is 1.51. The Balaban J connectivity index is 1.10. The van der Waals surface area contributed by atoms with Crippen molar-refractivity contribution in [1.29, 1.82) is 10.5 Å². The molecule has 57 heavy (non-hydrogen) atoms. The zero-order valence-corrected chi connectivity index (χ0v) is 32.7. The molecule has 2 fully saturated rings. The molecule has 1 amide bonds. The first-order chi connectivity index (χ1) is 27.7. The Morgan fingerprint density at radius 3 is 2.42 bits per heavy atom. The van der Waals surface area contributed by atoms with Crippen molar-refractivity contribution in [2.45, 2.75) is 83.1 Å². The highest BCUT2D eigenvalue weighted by molar-refractivity contribution is 6.32. The molecule has 3 atom stereocenters. The van der Waals surface area contributed by atoms with Crippen molar-refractivity contribution in [2.75, 3.05) is 32.8 Å². The fraction of sp³-hybridized carbons (Fsp3) is 0.400. The van der Waals surface area contributed by atoms with Crippen LogP contribution < -0.4 is 24.8 Å². The summed E-state index contributed by atoms with van der Waals surface area (Å²) in [6.45, 7) is 5.94. The van der Waals surface area contributed by atoms with Gasteiger partial charge in [-0.05, 0) is 96.3 Å². The zero-order chi connectivity index (χ0) is 39.9. The average Bonchev–Trinajstić information content (AvgIpc) is 3.54. The lowest BCUT2D eigenvalue weighted by atomic mass is 9.93. The summed E-state index contributed by atoms with van der Waals surface area (Å²) in [4.78, 5) is 14.0. The predicted octanol–water partition coefficient (Wildman–Crippen LogP) is 8.22. The molecule has 2 N–H and O–H groups in total. The van der Waals surface area contributed by atoms with Gasteiger partial charge >= 0.3 is 0 Å². The maximum atomic E-state index is 16.2. The van der Waals surface area contributed by atoms with Crippen molar-refractivity contribution in [2.24, 2.45) is 0 Å². The van der Waals surface area contributed by atoms with E-state index in [2.05, 4.69) is 27.7 Å². The maximum Gasteiger partial charge on any atom is 0.220 e. The van der Waals surface area contributed by atoms with Gasteiger partial charge in [-0.25, -0.2) is 8.78 Å². The summed E-state index contributed by atoms with van der Waals surface area (Å²) >= 11 is 6.87. The van der Waals surface area contributed by atoms with E-state index >= 15 is 4.39 Å². The molecule has 12 heteroatoms. The monoisotopic (exact) mass is 793 g/mol. The standard InChI is InChI=1S/C45H46ClF2N5O4/c1-28-35(5-3-8-41(28)55-16-4-13-53-14-11-33(47)12-15-53)36-6-2-7-37-38(36)21-40(48)45(37)57-43-22-42(56-27-31-18-29(23-49)17-30(19-31)24-50)32(20-39(43)46)25-51-34-9-10-44(54)52-26-34/h2-3,5-8,17-20,22,33-34,40,45,51H,4,9-16,21,25-27H2,1H3,(H,52,54)/t34-,40-,45+/m0/s1. The van der Waals surface area contributed by atoms with Gasteiger partial charge in [0.05, 0.1) is 34.9 Å². The van der Waals surface area contributed by atoms with E-state index < -0.39 is 18.4 Å². The molecule has 0 unspecified atom stereocenters. The SMILES string of the molecule is Cc1c(OCCCN2CCC(F)CC2)cccc1-c1cccc2c1C[C@H](F)[C@@H]2Oc1cc(OCc2cc(C#N)cc(C#N)c2)c(CN[C@H]2CCC(=O)NC2)cc1Cl. The first-order valence-electron chi connectivity index (χ1n) is 19.6. The largest absolute Gasteiger partial charge is 0.493 e. The Bertz CT molecular complexity index is 2140. The van der Waals surface area contributed by atoms with Gasteiger partial charge in [0.15, 0.2) is 6.10 Å². The second-order valence-electron chi connectivity index (χ2n) is 15.0. The number of rotatable bonds is 14. The third-order valence-corrected chi connectivity index (χ3v) is 11.4. The average molecular weight is 794 g/mol. The number of alkyl halides is 2. The van der Waals surface area contributed by atoms with Crippen molar-refractivity contribution in [3.63, 3.8) is 0 Å². The molecule has 0 saturated carbocycles. The third-order valence-electron chi connectivity index (χ3n) is 11.1. The van der Waals surface area contributed by atoms with Gasteiger partial charge in [-0.2, -0.15) is 10.5 Å². The molecule has 0 bridgehead atoms.